The van der Waals surface area contributed by atoms with Gasteiger partial charge in [-0.2, -0.15) is 0 Å². The maximum atomic E-state index is 3.69. The van der Waals surface area contributed by atoms with E-state index in [0.29, 0.717) is 0 Å². The number of nitrogens with one attached hydrogen (secondary N) is 1. The van der Waals surface area contributed by atoms with Crippen molar-refractivity contribution in [2.75, 3.05) is 19.6 Å². The molecule has 0 bridgehead atoms. The average molecular weight is 224 g/mol. The summed E-state index contributed by atoms with van der Waals surface area (Å²) < 4.78 is 0. The molecular weight excluding hydrogens is 196 g/mol. The van der Waals surface area contributed by atoms with Gasteiger partial charge < -0.3 is 10.2 Å². The zero-order chi connectivity index (χ0) is 11.5. The summed E-state index contributed by atoms with van der Waals surface area (Å²) in [6.45, 7) is 10.7. The minimum Gasteiger partial charge on any atom is -0.314 e. The maximum absolute atomic E-state index is 3.69. The second-order valence-corrected chi connectivity index (χ2v) is 6.07. The molecular formula is C14H28N2. The smallest absolute Gasteiger partial charge is 0.0136 e. The van der Waals surface area contributed by atoms with Crippen molar-refractivity contribution in [2.24, 2.45) is 11.8 Å². The molecule has 94 valence electrons. The molecule has 0 aliphatic heterocycles. The Balaban J connectivity index is 1.73. The molecule has 0 amide bonds. The van der Waals surface area contributed by atoms with Crippen molar-refractivity contribution in [3.05, 3.63) is 0 Å². The fourth-order valence-electron chi connectivity index (χ4n) is 2.84. The molecule has 16 heavy (non-hydrogen) atoms. The van der Waals surface area contributed by atoms with Crippen molar-refractivity contribution >= 4 is 0 Å². The molecule has 2 atom stereocenters. The lowest BCUT2D eigenvalue weighted by molar-refractivity contribution is 0.0567. The third kappa shape index (κ3) is 3.21. The second-order valence-electron chi connectivity index (χ2n) is 6.07. The predicted octanol–water partition coefficient (Wildman–Crippen LogP) is 2.49. The van der Waals surface area contributed by atoms with E-state index in [-0.39, 0.29) is 0 Å². The zero-order valence-corrected chi connectivity index (χ0v) is 11.2. The monoisotopic (exact) mass is 224 g/mol. The van der Waals surface area contributed by atoms with Crippen molar-refractivity contribution in [1.29, 1.82) is 0 Å². The van der Waals surface area contributed by atoms with Gasteiger partial charge in [-0.25, -0.2) is 0 Å². The van der Waals surface area contributed by atoms with Crippen LogP contribution in [0.3, 0.4) is 0 Å². The molecule has 2 rings (SSSR count). The van der Waals surface area contributed by atoms with Gasteiger partial charge in [0.25, 0.3) is 0 Å². The fraction of sp³-hybridized carbons (Fsp3) is 1.00. The Bertz CT molecular complexity index is 211. The van der Waals surface area contributed by atoms with E-state index in [9.17, 15) is 0 Å². The topological polar surface area (TPSA) is 15.3 Å². The molecule has 0 aromatic carbocycles. The number of hydrogen-bond donors (Lipinski definition) is 1. The van der Waals surface area contributed by atoms with Crippen LogP contribution >= 0.6 is 0 Å². The molecule has 0 aromatic rings. The van der Waals surface area contributed by atoms with E-state index >= 15 is 0 Å². The summed E-state index contributed by atoms with van der Waals surface area (Å²) in [6, 6.07) is 1.75. The van der Waals surface area contributed by atoms with E-state index in [1.807, 2.05) is 0 Å². The summed E-state index contributed by atoms with van der Waals surface area (Å²) in [5.74, 6) is 1.73. The van der Waals surface area contributed by atoms with E-state index in [1.165, 1.54) is 45.3 Å². The lowest BCUT2D eigenvalue weighted by Crippen LogP contribution is -2.51. The predicted molar refractivity (Wildman–Crippen MR) is 69.6 cm³/mol. The highest BCUT2D eigenvalue weighted by Crippen LogP contribution is 2.33. The molecule has 2 aliphatic rings. The molecule has 2 fully saturated rings. The fourth-order valence-corrected chi connectivity index (χ4v) is 2.84. The molecule has 2 saturated carbocycles. The number of nitrogens with zero attached hydrogens (tertiary/aromatic N) is 1. The lowest BCUT2D eigenvalue weighted by Gasteiger charge is -2.45. The Kier molecular flexibility index (Phi) is 4.26. The minimum atomic E-state index is 0.803. The van der Waals surface area contributed by atoms with Gasteiger partial charge in [0.2, 0.25) is 0 Å². The van der Waals surface area contributed by atoms with Crippen molar-refractivity contribution in [2.45, 2.75) is 58.5 Å². The Morgan fingerprint density at radius 3 is 2.38 bits per heavy atom. The molecule has 2 nitrogen and oxygen atoms in total. The first-order valence-electron chi connectivity index (χ1n) is 7.18. The third-order valence-electron chi connectivity index (χ3n) is 4.10. The highest BCUT2D eigenvalue weighted by atomic mass is 15.2. The molecule has 2 unspecified atom stereocenters. The zero-order valence-electron chi connectivity index (χ0n) is 11.2. The van der Waals surface area contributed by atoms with E-state index in [2.05, 4.69) is 31.0 Å². The SMILES string of the molecule is CCN(CC(C)C)C1CCC1CNC1CC1. The Labute approximate surface area is 101 Å². The highest BCUT2D eigenvalue weighted by molar-refractivity contribution is 4.92. The van der Waals surface area contributed by atoms with Crippen LogP contribution in [-0.4, -0.2) is 36.6 Å². The van der Waals surface area contributed by atoms with Gasteiger partial charge in [-0.15, -0.1) is 0 Å². The van der Waals surface area contributed by atoms with Crippen LogP contribution in [0.5, 0.6) is 0 Å². The summed E-state index contributed by atoms with van der Waals surface area (Å²) in [4.78, 5) is 2.70. The summed E-state index contributed by atoms with van der Waals surface area (Å²) in [5.41, 5.74) is 0. The normalized spacial score (nSPS) is 29.8. The average Bonchev–Trinajstić information content (AvgIpc) is 2.98. The Hall–Kier alpha value is -0.0800. The van der Waals surface area contributed by atoms with Gasteiger partial charge in [0, 0.05) is 18.6 Å². The van der Waals surface area contributed by atoms with Crippen molar-refractivity contribution in [1.82, 2.24) is 10.2 Å². The summed E-state index contributed by atoms with van der Waals surface area (Å²) in [6.07, 6.45) is 5.71. The van der Waals surface area contributed by atoms with Crippen LogP contribution in [0.1, 0.15) is 46.5 Å². The van der Waals surface area contributed by atoms with Gasteiger partial charge >= 0.3 is 0 Å². The molecule has 0 aromatic heterocycles. The van der Waals surface area contributed by atoms with Crippen LogP contribution in [0.4, 0.5) is 0 Å². The second kappa shape index (κ2) is 5.50. The van der Waals surface area contributed by atoms with Gasteiger partial charge in [-0.05, 0) is 50.6 Å². The van der Waals surface area contributed by atoms with Crippen molar-refractivity contribution in [3.8, 4) is 0 Å². The van der Waals surface area contributed by atoms with Crippen LogP contribution in [0.15, 0.2) is 0 Å². The van der Waals surface area contributed by atoms with Crippen LogP contribution in [0, 0.1) is 11.8 Å². The molecule has 0 radical (unpaired) electrons. The van der Waals surface area contributed by atoms with E-state index in [1.54, 1.807) is 0 Å². The van der Waals surface area contributed by atoms with Crippen molar-refractivity contribution in [3.63, 3.8) is 0 Å². The standard InChI is InChI=1S/C14H28N2/c1-4-16(10-11(2)3)14-8-5-12(14)9-15-13-6-7-13/h11-15H,4-10H2,1-3H3. The molecule has 2 heteroatoms. The molecule has 0 heterocycles. The van der Waals surface area contributed by atoms with Gasteiger partial charge in [0.1, 0.15) is 0 Å². The number of hydrogen-bond acceptors (Lipinski definition) is 2. The van der Waals surface area contributed by atoms with Crippen LogP contribution in [0.2, 0.25) is 0 Å². The minimum absolute atomic E-state index is 0.803. The van der Waals surface area contributed by atoms with Gasteiger partial charge in [-0.3, -0.25) is 0 Å². The summed E-state index contributed by atoms with van der Waals surface area (Å²) in [5, 5.41) is 3.69. The van der Waals surface area contributed by atoms with Crippen LogP contribution in [0.25, 0.3) is 0 Å². The highest BCUT2D eigenvalue weighted by Gasteiger charge is 2.35. The Morgan fingerprint density at radius 2 is 1.94 bits per heavy atom. The maximum Gasteiger partial charge on any atom is 0.0136 e. The van der Waals surface area contributed by atoms with E-state index in [0.717, 1.165) is 23.9 Å². The quantitative estimate of drug-likeness (QED) is 0.715. The van der Waals surface area contributed by atoms with Crippen molar-refractivity contribution < 1.29 is 0 Å². The lowest BCUT2D eigenvalue weighted by atomic mass is 9.78. The Morgan fingerprint density at radius 1 is 1.19 bits per heavy atom. The summed E-state index contributed by atoms with van der Waals surface area (Å²) in [7, 11) is 0. The third-order valence-corrected chi connectivity index (χ3v) is 4.10. The van der Waals surface area contributed by atoms with E-state index in [4.69, 9.17) is 0 Å². The van der Waals surface area contributed by atoms with Crippen LogP contribution in [-0.2, 0) is 0 Å². The van der Waals surface area contributed by atoms with E-state index < -0.39 is 0 Å². The molecule has 0 spiro atoms. The first kappa shape index (κ1) is 12.4. The first-order chi connectivity index (χ1) is 7.70. The first-order valence-corrected chi connectivity index (χ1v) is 7.18. The molecule has 0 saturated heterocycles. The molecule has 2 aliphatic carbocycles. The number of rotatable bonds is 7. The van der Waals surface area contributed by atoms with Gasteiger partial charge in [0.05, 0.1) is 0 Å². The molecule has 1 N–H and O–H groups in total. The summed E-state index contributed by atoms with van der Waals surface area (Å²) >= 11 is 0. The van der Waals surface area contributed by atoms with Gasteiger partial charge in [-0.1, -0.05) is 20.8 Å². The largest absolute Gasteiger partial charge is 0.314 e. The van der Waals surface area contributed by atoms with Crippen LogP contribution < -0.4 is 5.32 Å². The van der Waals surface area contributed by atoms with Gasteiger partial charge in [0.15, 0.2) is 0 Å².